The molecule has 0 heterocycles. The van der Waals surface area contributed by atoms with E-state index in [0.29, 0.717) is 12.1 Å². The summed E-state index contributed by atoms with van der Waals surface area (Å²) >= 11 is 0. The number of nitriles is 1. The van der Waals surface area contributed by atoms with Crippen LogP contribution in [-0.2, 0) is 9.53 Å². The fourth-order valence-electron chi connectivity index (χ4n) is 1.35. The van der Waals surface area contributed by atoms with Gasteiger partial charge in [-0.2, -0.15) is 5.26 Å². The van der Waals surface area contributed by atoms with Gasteiger partial charge in [0.15, 0.2) is 0 Å². The van der Waals surface area contributed by atoms with Gasteiger partial charge in [0.25, 0.3) is 0 Å². The first kappa shape index (κ1) is 12.1. The Morgan fingerprint density at radius 2 is 2.06 bits per heavy atom. The predicted octanol–water partition coefficient (Wildman–Crippen LogP) is 1.56. The zero-order valence-corrected chi connectivity index (χ0v) is 9.43. The van der Waals surface area contributed by atoms with E-state index in [1.54, 1.807) is 12.1 Å². The number of ether oxygens (including phenoxy) is 1. The Morgan fingerprint density at radius 1 is 1.44 bits per heavy atom. The first-order valence-electron chi connectivity index (χ1n) is 5.03. The molecule has 0 amide bonds. The maximum absolute atomic E-state index is 11.2. The summed E-state index contributed by atoms with van der Waals surface area (Å²) in [7, 11) is 1.37. The van der Waals surface area contributed by atoms with Gasteiger partial charge in [-0.15, -0.1) is 0 Å². The zero-order chi connectivity index (χ0) is 12.0. The molecule has 0 bridgehead atoms. The molecule has 0 spiro atoms. The molecule has 84 valence electrons. The highest BCUT2D eigenvalue weighted by atomic mass is 16.5. The standard InChI is InChI=1S/C12H14N2O2/c1-3-14(9-12(15)16-2)11-6-4-10(8-13)5-7-11/h4-7H,3,9H2,1-2H3. The molecule has 0 radical (unpaired) electrons. The maximum atomic E-state index is 11.2. The number of benzene rings is 1. The summed E-state index contributed by atoms with van der Waals surface area (Å²) in [6, 6.07) is 9.16. The number of nitrogens with zero attached hydrogens (tertiary/aromatic N) is 2. The lowest BCUT2D eigenvalue weighted by Crippen LogP contribution is -2.30. The third kappa shape index (κ3) is 2.99. The van der Waals surface area contributed by atoms with E-state index in [-0.39, 0.29) is 12.5 Å². The Labute approximate surface area is 95.0 Å². The van der Waals surface area contributed by atoms with E-state index < -0.39 is 0 Å². The number of hydrogen-bond donors (Lipinski definition) is 0. The molecule has 0 fully saturated rings. The second-order valence-electron chi connectivity index (χ2n) is 3.25. The van der Waals surface area contributed by atoms with Crippen LogP contribution in [0.1, 0.15) is 12.5 Å². The number of esters is 1. The number of anilines is 1. The van der Waals surface area contributed by atoms with Crippen molar-refractivity contribution < 1.29 is 9.53 Å². The van der Waals surface area contributed by atoms with Crippen LogP contribution >= 0.6 is 0 Å². The van der Waals surface area contributed by atoms with Gasteiger partial charge in [0.2, 0.25) is 0 Å². The highest BCUT2D eigenvalue weighted by Crippen LogP contribution is 2.14. The Morgan fingerprint density at radius 3 is 2.50 bits per heavy atom. The minimum Gasteiger partial charge on any atom is -0.468 e. The minimum atomic E-state index is -0.272. The second kappa shape index (κ2) is 5.76. The van der Waals surface area contributed by atoms with Crippen molar-refractivity contribution >= 4 is 11.7 Å². The fraction of sp³-hybridized carbons (Fsp3) is 0.333. The van der Waals surface area contributed by atoms with Crippen LogP contribution in [0.4, 0.5) is 5.69 Å². The molecular weight excluding hydrogens is 204 g/mol. The van der Waals surface area contributed by atoms with Crippen LogP contribution in [0.25, 0.3) is 0 Å². The van der Waals surface area contributed by atoms with Gasteiger partial charge in [-0.1, -0.05) is 0 Å². The molecule has 16 heavy (non-hydrogen) atoms. The van der Waals surface area contributed by atoms with Crippen LogP contribution in [0.3, 0.4) is 0 Å². The molecule has 1 aromatic carbocycles. The molecule has 0 aliphatic rings. The molecule has 0 saturated carbocycles. The van der Waals surface area contributed by atoms with Crippen molar-refractivity contribution in [3.05, 3.63) is 29.8 Å². The van der Waals surface area contributed by atoms with E-state index in [0.717, 1.165) is 5.69 Å². The van der Waals surface area contributed by atoms with Crippen molar-refractivity contribution in [1.29, 1.82) is 5.26 Å². The Hall–Kier alpha value is -2.02. The lowest BCUT2D eigenvalue weighted by atomic mass is 10.2. The average molecular weight is 218 g/mol. The van der Waals surface area contributed by atoms with Crippen LogP contribution in [-0.4, -0.2) is 26.2 Å². The van der Waals surface area contributed by atoms with Crippen LogP contribution in [0.15, 0.2) is 24.3 Å². The molecule has 0 N–H and O–H groups in total. The Kier molecular flexibility index (Phi) is 4.34. The Balaban J connectivity index is 2.79. The van der Waals surface area contributed by atoms with E-state index in [2.05, 4.69) is 10.8 Å². The number of carbonyl (C=O) groups is 1. The molecule has 0 saturated heterocycles. The summed E-state index contributed by atoms with van der Waals surface area (Å²) in [5.74, 6) is -0.272. The smallest absolute Gasteiger partial charge is 0.325 e. The molecule has 1 rings (SSSR count). The second-order valence-corrected chi connectivity index (χ2v) is 3.25. The van der Waals surface area contributed by atoms with Crippen LogP contribution in [0, 0.1) is 11.3 Å². The first-order chi connectivity index (χ1) is 7.71. The summed E-state index contributed by atoms with van der Waals surface area (Å²) < 4.78 is 4.62. The SMILES string of the molecule is CCN(CC(=O)OC)c1ccc(C#N)cc1. The van der Waals surface area contributed by atoms with Crippen LogP contribution in [0.2, 0.25) is 0 Å². The lowest BCUT2D eigenvalue weighted by molar-refractivity contribution is -0.138. The largest absolute Gasteiger partial charge is 0.468 e. The quantitative estimate of drug-likeness (QED) is 0.719. The number of likely N-dealkylation sites (N-methyl/N-ethyl adjacent to an activating group) is 1. The molecule has 0 aliphatic heterocycles. The molecule has 1 aromatic rings. The van der Waals surface area contributed by atoms with E-state index in [4.69, 9.17) is 5.26 Å². The number of methoxy groups -OCH3 is 1. The van der Waals surface area contributed by atoms with E-state index in [9.17, 15) is 4.79 Å². The topological polar surface area (TPSA) is 53.3 Å². The van der Waals surface area contributed by atoms with Crippen molar-refractivity contribution in [3.63, 3.8) is 0 Å². The number of rotatable bonds is 4. The average Bonchev–Trinajstić information content (AvgIpc) is 2.35. The van der Waals surface area contributed by atoms with Gasteiger partial charge < -0.3 is 9.64 Å². The van der Waals surface area contributed by atoms with Crippen LogP contribution < -0.4 is 4.90 Å². The van der Waals surface area contributed by atoms with Gasteiger partial charge in [0.05, 0.1) is 18.7 Å². The monoisotopic (exact) mass is 218 g/mol. The molecule has 0 atom stereocenters. The van der Waals surface area contributed by atoms with Crippen molar-refractivity contribution in [1.82, 2.24) is 0 Å². The maximum Gasteiger partial charge on any atom is 0.325 e. The van der Waals surface area contributed by atoms with Gasteiger partial charge in [-0.05, 0) is 31.2 Å². The van der Waals surface area contributed by atoms with Gasteiger partial charge in [-0.3, -0.25) is 4.79 Å². The zero-order valence-electron chi connectivity index (χ0n) is 9.43. The van der Waals surface area contributed by atoms with Crippen molar-refractivity contribution in [2.45, 2.75) is 6.92 Å². The summed E-state index contributed by atoms with van der Waals surface area (Å²) in [4.78, 5) is 13.0. The molecule has 0 unspecified atom stereocenters. The van der Waals surface area contributed by atoms with Gasteiger partial charge >= 0.3 is 5.97 Å². The van der Waals surface area contributed by atoms with Crippen LogP contribution in [0.5, 0.6) is 0 Å². The number of hydrogen-bond acceptors (Lipinski definition) is 4. The first-order valence-corrected chi connectivity index (χ1v) is 5.03. The minimum absolute atomic E-state index is 0.221. The van der Waals surface area contributed by atoms with Gasteiger partial charge in [0.1, 0.15) is 6.54 Å². The van der Waals surface area contributed by atoms with E-state index in [1.165, 1.54) is 7.11 Å². The van der Waals surface area contributed by atoms with Crippen molar-refractivity contribution in [2.75, 3.05) is 25.1 Å². The molecular formula is C12H14N2O2. The molecule has 4 nitrogen and oxygen atoms in total. The molecule has 0 aromatic heterocycles. The normalized spacial score (nSPS) is 9.31. The predicted molar refractivity (Wildman–Crippen MR) is 61.1 cm³/mol. The summed E-state index contributed by atoms with van der Waals surface area (Å²) in [5, 5.41) is 8.67. The molecule has 0 aliphatic carbocycles. The summed E-state index contributed by atoms with van der Waals surface area (Å²) in [5.41, 5.74) is 1.52. The highest BCUT2D eigenvalue weighted by Gasteiger charge is 2.09. The lowest BCUT2D eigenvalue weighted by Gasteiger charge is -2.21. The summed E-state index contributed by atoms with van der Waals surface area (Å²) in [6.07, 6.45) is 0. The highest BCUT2D eigenvalue weighted by molar-refractivity contribution is 5.75. The van der Waals surface area contributed by atoms with Gasteiger partial charge in [-0.25, -0.2) is 0 Å². The van der Waals surface area contributed by atoms with E-state index in [1.807, 2.05) is 24.0 Å². The van der Waals surface area contributed by atoms with Crippen molar-refractivity contribution in [2.24, 2.45) is 0 Å². The fourth-order valence-corrected chi connectivity index (χ4v) is 1.35. The summed E-state index contributed by atoms with van der Waals surface area (Å²) in [6.45, 7) is 2.89. The Bertz CT molecular complexity index is 392. The third-order valence-corrected chi connectivity index (χ3v) is 2.29. The van der Waals surface area contributed by atoms with Gasteiger partial charge in [0, 0.05) is 12.2 Å². The molecule has 4 heteroatoms. The number of carbonyl (C=O) groups excluding carboxylic acids is 1. The van der Waals surface area contributed by atoms with E-state index >= 15 is 0 Å². The third-order valence-electron chi connectivity index (χ3n) is 2.29. The van der Waals surface area contributed by atoms with Crippen molar-refractivity contribution in [3.8, 4) is 6.07 Å².